The van der Waals surface area contributed by atoms with Gasteiger partial charge in [0.2, 0.25) is 0 Å². The third-order valence-electron chi connectivity index (χ3n) is 4.40. The van der Waals surface area contributed by atoms with E-state index in [2.05, 4.69) is 10.1 Å². The number of aryl methyl sites for hydroxylation is 1. The van der Waals surface area contributed by atoms with Gasteiger partial charge >= 0.3 is 5.97 Å². The SMILES string of the molecule is Cn1nc(-c2ccccc2)nc1CC1(C(=O)O)CCCC1. The minimum atomic E-state index is -0.704. The molecule has 0 radical (unpaired) electrons. The average molecular weight is 285 g/mol. The third-order valence-corrected chi connectivity index (χ3v) is 4.40. The van der Waals surface area contributed by atoms with Gasteiger partial charge in [0.05, 0.1) is 5.41 Å². The highest BCUT2D eigenvalue weighted by molar-refractivity contribution is 5.75. The number of carboxylic acid groups (broad SMARTS) is 1. The van der Waals surface area contributed by atoms with E-state index in [1.54, 1.807) is 4.68 Å². The lowest BCUT2D eigenvalue weighted by atomic mass is 9.82. The normalized spacial score (nSPS) is 17.0. The molecule has 0 unspecified atom stereocenters. The number of hydrogen-bond acceptors (Lipinski definition) is 3. The number of aromatic nitrogens is 3. The summed E-state index contributed by atoms with van der Waals surface area (Å²) in [4.78, 5) is 16.2. The molecular weight excluding hydrogens is 266 g/mol. The Hall–Kier alpha value is -2.17. The summed E-state index contributed by atoms with van der Waals surface area (Å²) >= 11 is 0. The molecule has 1 heterocycles. The maximum atomic E-state index is 11.7. The van der Waals surface area contributed by atoms with Crippen LogP contribution in [0.1, 0.15) is 31.5 Å². The highest BCUT2D eigenvalue weighted by Gasteiger charge is 2.42. The highest BCUT2D eigenvalue weighted by Crippen LogP contribution is 2.41. The Bertz CT molecular complexity index is 643. The number of benzene rings is 1. The molecule has 5 nitrogen and oxygen atoms in total. The van der Waals surface area contributed by atoms with E-state index in [1.807, 2.05) is 37.4 Å². The van der Waals surface area contributed by atoms with E-state index >= 15 is 0 Å². The summed E-state index contributed by atoms with van der Waals surface area (Å²) in [5.74, 6) is 0.703. The van der Waals surface area contributed by atoms with Crippen LogP contribution in [0.15, 0.2) is 30.3 Å². The maximum absolute atomic E-state index is 11.7. The zero-order valence-corrected chi connectivity index (χ0v) is 12.1. The van der Waals surface area contributed by atoms with Crippen molar-refractivity contribution in [3.05, 3.63) is 36.2 Å². The van der Waals surface area contributed by atoms with Gasteiger partial charge in [-0.3, -0.25) is 9.48 Å². The second kappa shape index (κ2) is 5.31. The molecular formula is C16H19N3O2. The molecule has 3 rings (SSSR count). The number of carboxylic acids is 1. The monoisotopic (exact) mass is 285 g/mol. The molecule has 110 valence electrons. The van der Waals surface area contributed by atoms with Gasteiger partial charge in [0.1, 0.15) is 5.82 Å². The second-order valence-electron chi connectivity index (χ2n) is 5.81. The molecule has 5 heteroatoms. The van der Waals surface area contributed by atoms with E-state index in [9.17, 15) is 9.90 Å². The van der Waals surface area contributed by atoms with Crippen LogP contribution in [0.3, 0.4) is 0 Å². The molecule has 0 spiro atoms. The third kappa shape index (κ3) is 2.55. The molecule has 21 heavy (non-hydrogen) atoms. The number of nitrogens with zero attached hydrogens (tertiary/aromatic N) is 3. The first-order chi connectivity index (χ1) is 10.1. The van der Waals surface area contributed by atoms with E-state index in [1.165, 1.54) is 0 Å². The molecule has 1 aliphatic carbocycles. The predicted octanol–water partition coefficient (Wildman–Crippen LogP) is 2.67. The fourth-order valence-corrected chi connectivity index (χ4v) is 3.10. The molecule has 0 saturated heterocycles. The number of hydrogen-bond donors (Lipinski definition) is 1. The van der Waals surface area contributed by atoms with Crippen molar-refractivity contribution in [2.45, 2.75) is 32.1 Å². The number of carbonyl (C=O) groups is 1. The lowest BCUT2D eigenvalue weighted by Crippen LogP contribution is -2.31. The zero-order valence-electron chi connectivity index (χ0n) is 12.1. The summed E-state index contributed by atoms with van der Waals surface area (Å²) in [6.45, 7) is 0. The van der Waals surface area contributed by atoms with E-state index in [4.69, 9.17) is 0 Å². The predicted molar refractivity (Wildman–Crippen MR) is 78.7 cm³/mol. The molecule has 1 aliphatic rings. The van der Waals surface area contributed by atoms with Gasteiger partial charge in [-0.05, 0) is 12.8 Å². The Morgan fingerprint density at radius 1 is 1.29 bits per heavy atom. The van der Waals surface area contributed by atoms with Gasteiger partial charge in [0.15, 0.2) is 5.82 Å². The Morgan fingerprint density at radius 3 is 2.57 bits per heavy atom. The Kier molecular flexibility index (Phi) is 3.49. The van der Waals surface area contributed by atoms with Crippen molar-refractivity contribution in [3.63, 3.8) is 0 Å². The summed E-state index contributed by atoms with van der Waals surface area (Å²) in [5.41, 5.74) is 0.296. The largest absolute Gasteiger partial charge is 0.481 e. The molecule has 0 aliphatic heterocycles. The summed E-state index contributed by atoms with van der Waals surface area (Å²) in [7, 11) is 1.83. The van der Waals surface area contributed by atoms with Crippen molar-refractivity contribution in [1.29, 1.82) is 0 Å². The van der Waals surface area contributed by atoms with Crippen molar-refractivity contribution in [2.75, 3.05) is 0 Å². The standard InChI is InChI=1S/C16H19N3O2/c1-19-13(11-16(15(20)21)9-5-6-10-16)17-14(18-19)12-7-3-2-4-8-12/h2-4,7-8H,5-6,9-11H2,1H3,(H,20,21). The molecule has 0 bridgehead atoms. The Morgan fingerprint density at radius 2 is 1.95 bits per heavy atom. The molecule has 2 aromatic rings. The van der Waals surface area contributed by atoms with Gasteiger partial charge in [-0.15, -0.1) is 0 Å². The van der Waals surface area contributed by atoms with Crippen LogP contribution in [0.4, 0.5) is 0 Å². The molecule has 1 saturated carbocycles. The van der Waals surface area contributed by atoms with Crippen molar-refractivity contribution < 1.29 is 9.90 Å². The summed E-state index contributed by atoms with van der Waals surface area (Å²) in [5, 5.41) is 14.0. The molecule has 1 N–H and O–H groups in total. The van der Waals surface area contributed by atoms with Gasteiger partial charge < -0.3 is 5.11 Å². The van der Waals surface area contributed by atoms with Crippen molar-refractivity contribution in [3.8, 4) is 11.4 Å². The maximum Gasteiger partial charge on any atom is 0.310 e. The Balaban J connectivity index is 1.90. The van der Waals surface area contributed by atoms with Crippen LogP contribution >= 0.6 is 0 Å². The van der Waals surface area contributed by atoms with Crippen LogP contribution in [0, 0.1) is 5.41 Å². The van der Waals surface area contributed by atoms with E-state index in [0.29, 0.717) is 12.2 Å². The average Bonchev–Trinajstić information content (AvgIpc) is 3.09. The van der Waals surface area contributed by atoms with Crippen molar-refractivity contribution in [2.24, 2.45) is 12.5 Å². The molecule has 1 fully saturated rings. The first-order valence-corrected chi connectivity index (χ1v) is 7.29. The van der Waals surface area contributed by atoms with Crippen LogP contribution in [0.2, 0.25) is 0 Å². The van der Waals surface area contributed by atoms with Gasteiger partial charge in [-0.25, -0.2) is 4.98 Å². The lowest BCUT2D eigenvalue weighted by molar-refractivity contribution is -0.148. The van der Waals surface area contributed by atoms with Gasteiger partial charge in [-0.2, -0.15) is 5.10 Å². The molecule has 0 amide bonds. The van der Waals surface area contributed by atoms with Gasteiger partial charge in [0, 0.05) is 19.0 Å². The topological polar surface area (TPSA) is 68.0 Å². The van der Waals surface area contributed by atoms with Gasteiger partial charge in [-0.1, -0.05) is 43.2 Å². The molecule has 1 aromatic heterocycles. The van der Waals surface area contributed by atoms with Crippen LogP contribution in [-0.4, -0.2) is 25.8 Å². The first-order valence-electron chi connectivity index (χ1n) is 7.29. The highest BCUT2D eigenvalue weighted by atomic mass is 16.4. The minimum absolute atomic E-state index is 0.457. The van der Waals surface area contributed by atoms with Crippen LogP contribution in [0.25, 0.3) is 11.4 Å². The molecule has 1 aromatic carbocycles. The zero-order chi connectivity index (χ0) is 14.9. The second-order valence-corrected chi connectivity index (χ2v) is 5.81. The van der Waals surface area contributed by atoms with E-state index < -0.39 is 11.4 Å². The first kappa shape index (κ1) is 13.8. The van der Waals surface area contributed by atoms with Gasteiger partial charge in [0.25, 0.3) is 0 Å². The quantitative estimate of drug-likeness (QED) is 0.937. The summed E-state index contributed by atoms with van der Waals surface area (Å²) in [6.07, 6.45) is 3.88. The number of aliphatic carboxylic acids is 1. The smallest absolute Gasteiger partial charge is 0.310 e. The summed E-state index contributed by atoms with van der Waals surface area (Å²) < 4.78 is 1.71. The van der Waals surface area contributed by atoms with Crippen LogP contribution < -0.4 is 0 Å². The summed E-state index contributed by atoms with van der Waals surface area (Å²) in [6, 6.07) is 9.76. The Labute approximate surface area is 123 Å². The van der Waals surface area contributed by atoms with Crippen LogP contribution in [-0.2, 0) is 18.3 Å². The van der Waals surface area contributed by atoms with E-state index in [-0.39, 0.29) is 0 Å². The fourth-order valence-electron chi connectivity index (χ4n) is 3.10. The molecule has 0 atom stereocenters. The number of rotatable bonds is 4. The van der Waals surface area contributed by atoms with Crippen molar-refractivity contribution >= 4 is 5.97 Å². The fraction of sp³-hybridized carbons (Fsp3) is 0.438. The van der Waals surface area contributed by atoms with E-state index in [0.717, 1.165) is 37.1 Å². The lowest BCUT2D eigenvalue weighted by Gasteiger charge is -2.22. The van der Waals surface area contributed by atoms with Crippen molar-refractivity contribution in [1.82, 2.24) is 14.8 Å². The van der Waals surface area contributed by atoms with Crippen LogP contribution in [0.5, 0.6) is 0 Å². The minimum Gasteiger partial charge on any atom is -0.481 e.